The molecular weight excluding hydrogens is 329 g/mol. The lowest BCUT2D eigenvalue weighted by Crippen LogP contribution is -2.37. The first-order valence-electron chi connectivity index (χ1n) is 6.75. The van der Waals surface area contributed by atoms with Gasteiger partial charge in [-0.15, -0.1) is 11.3 Å². The molecule has 124 valence electrons. The monoisotopic (exact) mass is 344 g/mol. The van der Waals surface area contributed by atoms with Crippen molar-refractivity contribution in [1.82, 2.24) is 10.6 Å². The van der Waals surface area contributed by atoms with Gasteiger partial charge in [0.1, 0.15) is 0 Å². The maximum atomic E-state index is 12.6. The molecule has 3 N–H and O–H groups in total. The lowest BCUT2D eigenvalue weighted by atomic mass is 10.1. The highest BCUT2D eigenvalue weighted by molar-refractivity contribution is 7.09. The number of thiophene rings is 1. The van der Waals surface area contributed by atoms with Crippen molar-refractivity contribution in [2.75, 3.05) is 6.54 Å². The number of alkyl halides is 3. The Kier molecular flexibility index (Phi) is 5.62. The van der Waals surface area contributed by atoms with Gasteiger partial charge in [-0.3, -0.25) is 0 Å². The number of hydrogen-bond acceptors (Lipinski definition) is 3. The van der Waals surface area contributed by atoms with Crippen molar-refractivity contribution in [3.8, 4) is 0 Å². The number of benzene rings is 1. The number of halogens is 3. The van der Waals surface area contributed by atoms with E-state index < -0.39 is 23.9 Å². The summed E-state index contributed by atoms with van der Waals surface area (Å²) in [4.78, 5) is 12.6. The van der Waals surface area contributed by atoms with Crippen molar-refractivity contribution < 1.29 is 23.1 Å². The highest BCUT2D eigenvalue weighted by atomic mass is 32.1. The molecule has 1 atom stereocenters. The van der Waals surface area contributed by atoms with Crippen molar-refractivity contribution in [2.24, 2.45) is 0 Å². The molecule has 4 nitrogen and oxygen atoms in total. The summed E-state index contributed by atoms with van der Waals surface area (Å²) >= 11 is 1.49. The Balaban J connectivity index is 1.84. The fourth-order valence-electron chi connectivity index (χ4n) is 1.87. The van der Waals surface area contributed by atoms with Gasteiger partial charge >= 0.3 is 12.2 Å². The Bertz CT molecular complexity index is 644. The Morgan fingerprint density at radius 2 is 2.00 bits per heavy atom. The second-order valence-electron chi connectivity index (χ2n) is 4.78. The number of nitrogens with one attached hydrogen (secondary N) is 2. The zero-order valence-corrected chi connectivity index (χ0v) is 12.7. The van der Waals surface area contributed by atoms with Crippen molar-refractivity contribution in [3.05, 3.63) is 57.8 Å². The zero-order valence-electron chi connectivity index (χ0n) is 11.9. The number of amides is 2. The standard InChI is InChI=1S/C15H15F3N2O2S/c16-15(17,18)11-4-1-3-10(7-11)13(21)9-20-14(22)19-8-12-5-2-6-23-12/h1-7,13,21H,8-9H2,(H2,19,20,22)/t13-/m1/s1. The molecule has 2 aromatic rings. The predicted molar refractivity (Wildman–Crippen MR) is 81.0 cm³/mol. The Morgan fingerprint density at radius 3 is 2.65 bits per heavy atom. The van der Waals surface area contributed by atoms with Crippen LogP contribution in [0.4, 0.5) is 18.0 Å². The molecule has 0 aliphatic carbocycles. The van der Waals surface area contributed by atoms with Crippen molar-refractivity contribution in [3.63, 3.8) is 0 Å². The van der Waals surface area contributed by atoms with Crippen LogP contribution >= 0.6 is 11.3 Å². The van der Waals surface area contributed by atoms with Gasteiger partial charge in [0.05, 0.1) is 18.2 Å². The Morgan fingerprint density at radius 1 is 1.22 bits per heavy atom. The number of carbonyl (C=O) groups excluding carboxylic acids is 1. The van der Waals surface area contributed by atoms with E-state index in [1.54, 1.807) is 0 Å². The molecule has 0 saturated heterocycles. The summed E-state index contributed by atoms with van der Waals surface area (Å²) in [6, 6.07) is 7.63. The van der Waals surface area contributed by atoms with E-state index in [4.69, 9.17) is 0 Å². The molecule has 2 rings (SSSR count). The summed E-state index contributed by atoms with van der Waals surface area (Å²) in [6.45, 7) is 0.167. The van der Waals surface area contributed by atoms with Crippen LogP contribution in [0.2, 0.25) is 0 Å². The summed E-state index contributed by atoms with van der Waals surface area (Å²) in [7, 11) is 0. The normalized spacial score (nSPS) is 12.7. The maximum Gasteiger partial charge on any atom is 0.416 e. The van der Waals surface area contributed by atoms with Gasteiger partial charge in [0.25, 0.3) is 0 Å². The van der Waals surface area contributed by atoms with E-state index in [0.29, 0.717) is 6.54 Å². The third kappa shape index (κ3) is 5.26. The first kappa shape index (κ1) is 17.3. The molecule has 0 unspecified atom stereocenters. The van der Waals surface area contributed by atoms with Crippen LogP contribution in [0.25, 0.3) is 0 Å². The average molecular weight is 344 g/mol. The van der Waals surface area contributed by atoms with E-state index in [0.717, 1.165) is 17.0 Å². The van der Waals surface area contributed by atoms with E-state index in [1.165, 1.54) is 23.5 Å². The van der Waals surface area contributed by atoms with E-state index in [-0.39, 0.29) is 12.1 Å². The van der Waals surface area contributed by atoms with Crippen LogP contribution in [0, 0.1) is 0 Å². The van der Waals surface area contributed by atoms with E-state index in [9.17, 15) is 23.1 Å². The lowest BCUT2D eigenvalue weighted by molar-refractivity contribution is -0.137. The van der Waals surface area contributed by atoms with Crippen LogP contribution in [0.15, 0.2) is 41.8 Å². The van der Waals surface area contributed by atoms with E-state index in [1.807, 2.05) is 17.5 Å². The first-order valence-corrected chi connectivity index (χ1v) is 7.63. The minimum Gasteiger partial charge on any atom is -0.387 e. The molecule has 8 heteroatoms. The second-order valence-corrected chi connectivity index (χ2v) is 5.81. The van der Waals surface area contributed by atoms with Gasteiger partial charge in [-0.25, -0.2) is 4.79 Å². The number of rotatable bonds is 5. The summed E-state index contributed by atoms with van der Waals surface area (Å²) in [5.74, 6) is 0. The minimum absolute atomic E-state index is 0.0957. The predicted octanol–water partition coefficient (Wildman–Crippen LogP) is 3.30. The Labute approximate surface area is 135 Å². The van der Waals surface area contributed by atoms with Crippen molar-refractivity contribution in [1.29, 1.82) is 0 Å². The maximum absolute atomic E-state index is 12.6. The number of carbonyl (C=O) groups is 1. The van der Waals surface area contributed by atoms with E-state index >= 15 is 0 Å². The highest BCUT2D eigenvalue weighted by Gasteiger charge is 2.30. The third-order valence-corrected chi connectivity index (χ3v) is 3.93. The lowest BCUT2D eigenvalue weighted by Gasteiger charge is -2.14. The summed E-state index contributed by atoms with van der Waals surface area (Å²) in [5.41, 5.74) is -0.741. The van der Waals surface area contributed by atoms with Crippen LogP contribution in [-0.4, -0.2) is 17.7 Å². The molecule has 1 aromatic heterocycles. The molecule has 0 saturated carbocycles. The fraction of sp³-hybridized carbons (Fsp3) is 0.267. The van der Waals surface area contributed by atoms with Crippen LogP contribution < -0.4 is 10.6 Å². The van der Waals surface area contributed by atoms with Crippen LogP contribution in [-0.2, 0) is 12.7 Å². The molecule has 0 aliphatic rings. The van der Waals surface area contributed by atoms with Crippen LogP contribution in [0.1, 0.15) is 22.1 Å². The van der Waals surface area contributed by atoms with E-state index in [2.05, 4.69) is 10.6 Å². The molecule has 1 aromatic carbocycles. The van der Waals surface area contributed by atoms with Crippen molar-refractivity contribution >= 4 is 17.4 Å². The average Bonchev–Trinajstić information content (AvgIpc) is 3.03. The minimum atomic E-state index is -4.47. The van der Waals surface area contributed by atoms with Crippen LogP contribution in [0.3, 0.4) is 0 Å². The molecule has 0 aliphatic heterocycles. The van der Waals surface area contributed by atoms with Crippen molar-refractivity contribution in [2.45, 2.75) is 18.8 Å². The SMILES string of the molecule is O=C(NCc1cccs1)NC[C@@H](O)c1cccc(C(F)(F)F)c1. The topological polar surface area (TPSA) is 61.4 Å². The molecule has 0 fully saturated rings. The molecule has 0 spiro atoms. The van der Waals surface area contributed by atoms with Gasteiger partial charge in [0.15, 0.2) is 0 Å². The largest absolute Gasteiger partial charge is 0.416 e. The third-order valence-electron chi connectivity index (χ3n) is 3.06. The number of urea groups is 1. The first-order chi connectivity index (χ1) is 10.9. The molecule has 0 radical (unpaired) electrons. The summed E-state index contributed by atoms with van der Waals surface area (Å²) in [5, 5.41) is 16.8. The van der Waals surface area contributed by atoms with Gasteiger partial charge in [-0.1, -0.05) is 18.2 Å². The van der Waals surface area contributed by atoms with Gasteiger partial charge in [0, 0.05) is 11.4 Å². The number of aliphatic hydroxyl groups is 1. The smallest absolute Gasteiger partial charge is 0.387 e. The quantitative estimate of drug-likeness (QED) is 0.779. The fourth-order valence-corrected chi connectivity index (χ4v) is 2.52. The van der Waals surface area contributed by atoms with Gasteiger partial charge in [-0.05, 0) is 29.1 Å². The Hall–Kier alpha value is -2.06. The second kappa shape index (κ2) is 7.47. The van der Waals surface area contributed by atoms with Gasteiger partial charge < -0.3 is 15.7 Å². The molecule has 1 heterocycles. The van der Waals surface area contributed by atoms with Gasteiger partial charge in [0.2, 0.25) is 0 Å². The number of hydrogen-bond donors (Lipinski definition) is 3. The highest BCUT2D eigenvalue weighted by Crippen LogP contribution is 2.30. The molecular formula is C15H15F3N2O2S. The van der Waals surface area contributed by atoms with Gasteiger partial charge in [-0.2, -0.15) is 13.2 Å². The molecule has 23 heavy (non-hydrogen) atoms. The molecule has 2 amide bonds. The van der Waals surface area contributed by atoms with Crippen LogP contribution in [0.5, 0.6) is 0 Å². The number of aliphatic hydroxyl groups excluding tert-OH is 1. The summed E-state index contributed by atoms with van der Waals surface area (Å²) < 4.78 is 37.9. The summed E-state index contributed by atoms with van der Waals surface area (Å²) in [6.07, 6.45) is -5.69. The molecule has 0 bridgehead atoms. The zero-order chi connectivity index (χ0) is 16.9.